The van der Waals surface area contributed by atoms with Crippen LogP contribution in [0.4, 0.5) is 22.0 Å². The van der Waals surface area contributed by atoms with Gasteiger partial charge in [-0.15, -0.1) is 0 Å². The van der Waals surface area contributed by atoms with E-state index in [1.54, 1.807) is 6.92 Å². The number of aliphatic imine (C=N–C) groups is 1. The first-order valence-corrected chi connectivity index (χ1v) is 11.5. The Balaban J connectivity index is 5.92. The minimum atomic E-state index is -5.19. The van der Waals surface area contributed by atoms with E-state index in [1.165, 1.54) is 33.4 Å². The Kier molecular flexibility index (Phi) is 15.9. The van der Waals surface area contributed by atoms with Gasteiger partial charge < -0.3 is 24.6 Å². The van der Waals surface area contributed by atoms with Crippen LogP contribution in [-0.4, -0.2) is 76.0 Å². The van der Waals surface area contributed by atoms with Crippen molar-refractivity contribution in [2.75, 3.05) is 41.0 Å². The van der Waals surface area contributed by atoms with Gasteiger partial charge in [-0.3, -0.25) is 9.79 Å². The number of aliphatic hydroxyl groups is 1. The van der Waals surface area contributed by atoms with Crippen molar-refractivity contribution in [1.29, 1.82) is 0 Å². The molecule has 218 valence electrons. The number of halogens is 6. The lowest BCUT2D eigenvalue weighted by Gasteiger charge is -2.27. The molecule has 7 nitrogen and oxygen atoms in total. The Morgan fingerprint density at radius 1 is 1.18 bits per heavy atom. The molecule has 0 aliphatic heterocycles. The summed E-state index contributed by atoms with van der Waals surface area (Å²) in [6.07, 6.45) is -0.502. The van der Waals surface area contributed by atoms with Crippen LogP contribution in [0.2, 0.25) is 0 Å². The van der Waals surface area contributed by atoms with Crippen LogP contribution in [0.5, 0.6) is 0 Å². The van der Waals surface area contributed by atoms with E-state index >= 15 is 0 Å². The van der Waals surface area contributed by atoms with Crippen molar-refractivity contribution < 1.29 is 46.1 Å². The molecule has 1 atom stereocenters. The smallest absolute Gasteiger partial charge is 0.422 e. The van der Waals surface area contributed by atoms with Gasteiger partial charge in [0.05, 0.1) is 27.4 Å². The van der Waals surface area contributed by atoms with Gasteiger partial charge >= 0.3 is 6.18 Å². The van der Waals surface area contributed by atoms with Gasteiger partial charge in [0.2, 0.25) is 0 Å². The molecule has 0 saturated carbocycles. The van der Waals surface area contributed by atoms with Crippen molar-refractivity contribution in [2.45, 2.75) is 25.1 Å². The summed E-state index contributed by atoms with van der Waals surface area (Å²) in [4.78, 5) is 16.6. The van der Waals surface area contributed by atoms with Crippen LogP contribution in [0.3, 0.4) is 0 Å². The van der Waals surface area contributed by atoms with Crippen LogP contribution in [0.1, 0.15) is 6.92 Å². The van der Waals surface area contributed by atoms with E-state index in [1.807, 2.05) is 5.32 Å². The van der Waals surface area contributed by atoms with Crippen molar-refractivity contribution in [3.63, 3.8) is 0 Å². The Morgan fingerprint density at radius 2 is 1.82 bits per heavy atom. The highest BCUT2D eigenvalue weighted by Gasteiger charge is 2.52. The molecule has 0 rings (SSSR count). The lowest BCUT2D eigenvalue weighted by Crippen LogP contribution is -2.52. The zero-order chi connectivity index (χ0) is 30.2. The average molecular weight is 583 g/mol. The van der Waals surface area contributed by atoms with Gasteiger partial charge in [-0.25, -0.2) is 8.78 Å². The van der Waals surface area contributed by atoms with Gasteiger partial charge in [0.25, 0.3) is 12.3 Å². The fourth-order valence-corrected chi connectivity index (χ4v) is 2.88. The van der Waals surface area contributed by atoms with E-state index < -0.39 is 37.3 Å². The summed E-state index contributed by atoms with van der Waals surface area (Å²) in [5, 5.41) is 12.6. The van der Waals surface area contributed by atoms with Crippen molar-refractivity contribution in [1.82, 2.24) is 5.32 Å². The number of nitrogens with zero attached hydrogens (tertiary/aromatic N) is 1. The van der Waals surface area contributed by atoms with Crippen LogP contribution < -0.4 is 5.32 Å². The minimum absolute atomic E-state index is 0.0167. The van der Waals surface area contributed by atoms with E-state index in [0.29, 0.717) is 11.6 Å². The number of methoxy groups -OCH3 is 2. The second-order valence-electron chi connectivity index (χ2n) is 7.65. The number of carbonyl (C=O) groups excluding carboxylic acids is 1. The number of rotatable bonds is 16. The van der Waals surface area contributed by atoms with Gasteiger partial charge in [-0.05, 0) is 36.8 Å². The maximum Gasteiger partial charge on any atom is 0.422 e. The van der Waals surface area contributed by atoms with E-state index in [2.05, 4.69) is 22.9 Å². The van der Waals surface area contributed by atoms with E-state index in [9.17, 15) is 31.9 Å². The molecule has 39 heavy (non-hydrogen) atoms. The first kappa shape index (κ1) is 35.8. The second kappa shape index (κ2) is 17.4. The second-order valence-corrected chi connectivity index (χ2v) is 8.13. The van der Waals surface area contributed by atoms with Gasteiger partial charge in [0, 0.05) is 17.7 Å². The average Bonchev–Trinajstić information content (AvgIpc) is 2.84. The van der Waals surface area contributed by atoms with Crippen molar-refractivity contribution >= 4 is 23.2 Å². The van der Waals surface area contributed by atoms with Crippen molar-refractivity contribution in [3.8, 4) is 0 Å². The molecule has 0 aliphatic carbocycles. The summed E-state index contributed by atoms with van der Waals surface area (Å²) in [5.74, 6) is -0.988. The first-order chi connectivity index (χ1) is 18.1. The Bertz CT molecular complexity index is 1050. The lowest BCUT2D eigenvalue weighted by molar-refractivity contribution is -0.237. The minimum Gasteiger partial charge on any atom is -0.497 e. The summed E-state index contributed by atoms with van der Waals surface area (Å²) in [5.41, 5.74) is -2.93. The summed E-state index contributed by atoms with van der Waals surface area (Å²) >= 11 is 5.76. The zero-order valence-electron chi connectivity index (χ0n) is 21.9. The standard InChI is InChI=1S/C26H32ClF5N2O5/c1-17(13-18(2)27)23(33-4)21(38-6)10-7-11-25(36,26(30,31)32)16-34-24(35)20(14-19(3)37-5)9-8-12-39-15-22(28)29/h7-11,13-14,22,36H,2-3,12,15-16H2,1,4-6H3,(H,34,35)/b9-8-,11-7+,17-13+,20-14+,21-10+,33-23?. The number of amides is 1. The van der Waals surface area contributed by atoms with Gasteiger partial charge in [-0.1, -0.05) is 43.0 Å². The molecule has 0 heterocycles. The highest BCUT2D eigenvalue weighted by Crippen LogP contribution is 2.31. The molecule has 2 N–H and O–H groups in total. The number of hydrogen-bond acceptors (Lipinski definition) is 6. The monoisotopic (exact) mass is 582 g/mol. The molecule has 0 radical (unpaired) electrons. The van der Waals surface area contributed by atoms with Crippen LogP contribution in [0.25, 0.3) is 0 Å². The normalized spacial score (nSPS) is 15.6. The molecule has 0 saturated heterocycles. The fourth-order valence-electron chi connectivity index (χ4n) is 2.72. The number of nitrogens with one attached hydrogen (secondary N) is 1. The summed E-state index contributed by atoms with van der Waals surface area (Å²) in [6.45, 7) is 6.26. The molecular weight excluding hydrogens is 551 g/mol. The quantitative estimate of drug-likeness (QED) is 0.0654. The molecule has 0 spiro atoms. The number of allylic oxidation sites excluding steroid dienone is 6. The molecule has 0 aromatic heterocycles. The van der Waals surface area contributed by atoms with Gasteiger partial charge in [-0.2, -0.15) is 13.2 Å². The Labute approximate surface area is 229 Å². The molecule has 1 amide bonds. The number of carbonyl (C=O) groups is 1. The highest BCUT2D eigenvalue weighted by atomic mass is 35.5. The van der Waals surface area contributed by atoms with E-state index in [-0.39, 0.29) is 34.4 Å². The molecule has 0 aromatic carbocycles. The third-order valence-electron chi connectivity index (χ3n) is 4.65. The molecule has 1 unspecified atom stereocenters. The number of alkyl halides is 5. The first-order valence-electron chi connectivity index (χ1n) is 11.1. The van der Waals surface area contributed by atoms with Gasteiger partial charge in [0.15, 0.2) is 5.60 Å². The predicted octanol–water partition coefficient (Wildman–Crippen LogP) is 5.18. The number of hydrogen-bond donors (Lipinski definition) is 2. The largest absolute Gasteiger partial charge is 0.497 e. The fraction of sp³-hybridized carbons (Fsp3) is 0.385. The molecular formula is C26H32ClF5N2O5. The van der Waals surface area contributed by atoms with Crippen molar-refractivity contribution in [3.05, 3.63) is 83.4 Å². The SMILES string of the molecule is C=C(Cl)/C=C(\C)C(=NC)/C(=C\C=C\C(O)(CNC(=O)C(/C=C\COCC(F)F)=C/C(=C)OC)C(F)(F)F)OC. The molecule has 0 aromatic rings. The van der Waals surface area contributed by atoms with E-state index in [0.717, 1.165) is 24.3 Å². The van der Waals surface area contributed by atoms with Crippen LogP contribution in [0, 0.1) is 0 Å². The predicted molar refractivity (Wildman–Crippen MR) is 141 cm³/mol. The van der Waals surface area contributed by atoms with Gasteiger partial charge in [0.1, 0.15) is 23.8 Å². The lowest BCUT2D eigenvalue weighted by atomic mass is 10.0. The van der Waals surface area contributed by atoms with Crippen molar-refractivity contribution in [2.24, 2.45) is 4.99 Å². The Hall–Kier alpha value is -3.22. The summed E-state index contributed by atoms with van der Waals surface area (Å²) in [6, 6.07) is 0. The molecule has 0 bridgehead atoms. The number of ether oxygens (including phenoxy) is 3. The summed E-state index contributed by atoms with van der Waals surface area (Å²) < 4.78 is 80.4. The van der Waals surface area contributed by atoms with E-state index in [4.69, 9.17) is 21.1 Å². The van der Waals surface area contributed by atoms with Crippen LogP contribution in [-0.2, 0) is 19.0 Å². The third-order valence-corrected chi connectivity index (χ3v) is 4.76. The zero-order valence-corrected chi connectivity index (χ0v) is 22.7. The highest BCUT2D eigenvalue weighted by molar-refractivity contribution is 6.31. The maximum atomic E-state index is 13.8. The van der Waals surface area contributed by atoms with Crippen LogP contribution in [0.15, 0.2) is 88.4 Å². The topological polar surface area (TPSA) is 89.4 Å². The molecule has 13 heteroatoms. The molecule has 0 aliphatic rings. The Morgan fingerprint density at radius 3 is 2.31 bits per heavy atom. The third kappa shape index (κ3) is 13.4. The van der Waals surface area contributed by atoms with Crippen LogP contribution >= 0.6 is 11.6 Å². The summed E-state index contributed by atoms with van der Waals surface area (Å²) in [7, 11) is 3.96. The maximum absolute atomic E-state index is 13.8. The molecule has 0 fully saturated rings.